The van der Waals surface area contributed by atoms with Gasteiger partial charge in [-0.2, -0.15) is 0 Å². The standard InChI is InChI=1S/C49H27N5O2S/c1-3-12-28(13-4-1)42-44-43(34-17-8-10-21-39(34)56-44)51-49(50-42)35-19-11-18-33-37-27-31(23-25-41(37)57-45(33)35)48-53-46(29-14-5-2-6-15-29)52-47(54-48)30-22-24-40-36(26-30)32-16-7-9-20-38(32)55-40/h1-27H. The molecule has 12 rings (SSSR count). The predicted molar refractivity (Wildman–Crippen MR) is 230 cm³/mol. The van der Waals surface area contributed by atoms with Crippen molar-refractivity contribution in [1.82, 2.24) is 24.9 Å². The summed E-state index contributed by atoms with van der Waals surface area (Å²) in [6.45, 7) is 0. The topological polar surface area (TPSA) is 90.7 Å². The van der Waals surface area contributed by atoms with Crippen LogP contribution >= 0.6 is 11.3 Å². The Morgan fingerprint density at radius 3 is 1.74 bits per heavy atom. The Hall–Kier alpha value is -7.55. The number of hydrogen-bond acceptors (Lipinski definition) is 8. The number of hydrogen-bond donors (Lipinski definition) is 0. The van der Waals surface area contributed by atoms with Crippen LogP contribution in [-0.2, 0) is 0 Å². The van der Waals surface area contributed by atoms with Gasteiger partial charge in [0, 0.05) is 64.1 Å². The molecule has 0 spiro atoms. The van der Waals surface area contributed by atoms with Crippen molar-refractivity contribution >= 4 is 75.5 Å². The number of para-hydroxylation sites is 2. The number of thiophene rings is 1. The fourth-order valence-corrected chi connectivity index (χ4v) is 9.02. The first-order valence-corrected chi connectivity index (χ1v) is 19.5. The van der Waals surface area contributed by atoms with E-state index in [1.807, 2.05) is 97.1 Å². The van der Waals surface area contributed by atoms with Gasteiger partial charge in [0.2, 0.25) is 0 Å². The maximum absolute atomic E-state index is 6.38. The molecule has 57 heavy (non-hydrogen) atoms. The molecule has 7 aromatic carbocycles. The van der Waals surface area contributed by atoms with E-state index in [4.69, 9.17) is 33.8 Å². The Balaban J connectivity index is 1.03. The number of aromatic nitrogens is 5. The van der Waals surface area contributed by atoms with E-state index in [0.717, 1.165) is 92.1 Å². The van der Waals surface area contributed by atoms with Crippen LogP contribution in [0.1, 0.15) is 0 Å². The summed E-state index contributed by atoms with van der Waals surface area (Å²) in [5.74, 6) is 2.46. The summed E-state index contributed by atoms with van der Waals surface area (Å²) in [5, 5.41) is 5.27. The van der Waals surface area contributed by atoms with E-state index in [0.29, 0.717) is 28.9 Å². The Bertz CT molecular complexity index is 3540. The molecule has 0 fully saturated rings. The molecule has 0 aliphatic rings. The molecular weight excluding hydrogens is 723 g/mol. The second-order valence-corrected chi connectivity index (χ2v) is 15.1. The lowest BCUT2D eigenvalue weighted by atomic mass is 10.1. The highest BCUT2D eigenvalue weighted by atomic mass is 32.1. The molecule has 0 unspecified atom stereocenters. The van der Waals surface area contributed by atoms with Crippen LogP contribution in [0, 0.1) is 0 Å². The zero-order chi connectivity index (χ0) is 37.5. The van der Waals surface area contributed by atoms with Crippen LogP contribution < -0.4 is 0 Å². The maximum Gasteiger partial charge on any atom is 0.180 e. The summed E-state index contributed by atoms with van der Waals surface area (Å²) in [6.07, 6.45) is 0. The first-order chi connectivity index (χ1) is 28.2. The summed E-state index contributed by atoms with van der Waals surface area (Å²) < 4.78 is 14.8. The average Bonchev–Trinajstić information content (AvgIpc) is 3.97. The highest BCUT2D eigenvalue weighted by molar-refractivity contribution is 7.26. The zero-order valence-corrected chi connectivity index (χ0v) is 30.9. The van der Waals surface area contributed by atoms with Crippen molar-refractivity contribution in [3.8, 4) is 56.8 Å². The largest absolute Gasteiger partial charge is 0.456 e. The van der Waals surface area contributed by atoms with Crippen molar-refractivity contribution in [3.63, 3.8) is 0 Å². The number of furan rings is 2. The highest BCUT2D eigenvalue weighted by Crippen LogP contribution is 2.43. The third-order valence-electron chi connectivity index (χ3n) is 10.6. The van der Waals surface area contributed by atoms with Gasteiger partial charge in [0.05, 0.1) is 0 Å². The van der Waals surface area contributed by atoms with Gasteiger partial charge < -0.3 is 8.83 Å². The fourth-order valence-electron chi connectivity index (χ4n) is 7.83. The second-order valence-electron chi connectivity index (χ2n) is 14.0. The molecule has 7 nitrogen and oxygen atoms in total. The molecule has 0 saturated heterocycles. The summed E-state index contributed by atoms with van der Waals surface area (Å²) >= 11 is 1.74. The van der Waals surface area contributed by atoms with Gasteiger partial charge >= 0.3 is 0 Å². The molecular formula is C49H27N5O2S. The van der Waals surface area contributed by atoms with Gasteiger partial charge in [-0.3, -0.25) is 0 Å². The number of rotatable bonds is 5. The van der Waals surface area contributed by atoms with Gasteiger partial charge in [0.15, 0.2) is 28.9 Å². The maximum atomic E-state index is 6.38. The van der Waals surface area contributed by atoms with E-state index >= 15 is 0 Å². The van der Waals surface area contributed by atoms with Crippen molar-refractivity contribution in [1.29, 1.82) is 0 Å². The number of benzene rings is 7. The number of fused-ring (bicyclic) bond motifs is 9. The monoisotopic (exact) mass is 749 g/mol. The minimum Gasteiger partial charge on any atom is -0.456 e. The number of nitrogens with zero attached hydrogens (tertiary/aromatic N) is 5. The van der Waals surface area contributed by atoms with Crippen molar-refractivity contribution in [2.24, 2.45) is 0 Å². The Morgan fingerprint density at radius 2 is 0.965 bits per heavy atom. The minimum absolute atomic E-state index is 0.595. The highest BCUT2D eigenvalue weighted by Gasteiger charge is 2.21. The van der Waals surface area contributed by atoms with Crippen molar-refractivity contribution in [2.45, 2.75) is 0 Å². The first kappa shape index (κ1) is 31.8. The van der Waals surface area contributed by atoms with Gasteiger partial charge in [0.25, 0.3) is 0 Å². The summed E-state index contributed by atoms with van der Waals surface area (Å²) in [5.41, 5.74) is 9.37. The first-order valence-electron chi connectivity index (χ1n) is 18.7. The predicted octanol–water partition coefficient (Wildman–Crippen LogP) is 13.2. The molecule has 0 radical (unpaired) electrons. The zero-order valence-electron chi connectivity index (χ0n) is 30.0. The van der Waals surface area contributed by atoms with Crippen molar-refractivity contribution in [3.05, 3.63) is 164 Å². The van der Waals surface area contributed by atoms with Crippen LogP contribution in [0.5, 0.6) is 0 Å². The molecule has 0 bridgehead atoms. The van der Waals surface area contributed by atoms with E-state index in [-0.39, 0.29) is 0 Å². The molecule has 5 heterocycles. The fraction of sp³-hybridized carbons (Fsp3) is 0. The van der Waals surface area contributed by atoms with Crippen LogP contribution in [0.4, 0.5) is 0 Å². The molecule has 0 saturated carbocycles. The Morgan fingerprint density at radius 1 is 0.368 bits per heavy atom. The van der Waals surface area contributed by atoms with Gasteiger partial charge in [-0.05, 0) is 60.7 Å². The van der Waals surface area contributed by atoms with E-state index in [1.54, 1.807) is 11.3 Å². The molecule has 0 amide bonds. The molecule has 12 aromatic rings. The lowest BCUT2D eigenvalue weighted by Gasteiger charge is -2.09. The molecule has 0 atom stereocenters. The SMILES string of the molecule is c1ccc(-c2nc(-c3ccc4oc5ccccc5c4c3)nc(-c3ccc4sc5c(-c6nc(-c7ccccc7)c7oc8ccccc8c7n6)cccc5c4c3)n2)cc1. The van der Waals surface area contributed by atoms with Gasteiger partial charge in [-0.15, -0.1) is 11.3 Å². The summed E-state index contributed by atoms with van der Waals surface area (Å²) in [7, 11) is 0. The molecule has 266 valence electrons. The van der Waals surface area contributed by atoms with E-state index in [2.05, 4.69) is 66.7 Å². The van der Waals surface area contributed by atoms with E-state index < -0.39 is 0 Å². The van der Waals surface area contributed by atoms with Crippen molar-refractivity contribution < 1.29 is 8.83 Å². The Labute approximate surface area is 328 Å². The molecule has 0 N–H and O–H groups in total. The van der Waals surface area contributed by atoms with Crippen LogP contribution in [0.15, 0.2) is 173 Å². The smallest absolute Gasteiger partial charge is 0.180 e. The lowest BCUT2D eigenvalue weighted by molar-refractivity contribution is 0.667. The van der Waals surface area contributed by atoms with Gasteiger partial charge in [0.1, 0.15) is 28.0 Å². The quantitative estimate of drug-likeness (QED) is 0.173. The van der Waals surface area contributed by atoms with Gasteiger partial charge in [-0.1, -0.05) is 103 Å². The molecule has 0 aliphatic carbocycles. The average molecular weight is 750 g/mol. The lowest BCUT2D eigenvalue weighted by Crippen LogP contribution is -2.00. The molecule has 0 aliphatic heterocycles. The van der Waals surface area contributed by atoms with E-state index in [1.165, 1.54) is 0 Å². The second kappa shape index (κ2) is 12.5. The van der Waals surface area contributed by atoms with Crippen LogP contribution in [0.2, 0.25) is 0 Å². The third-order valence-corrected chi connectivity index (χ3v) is 11.8. The van der Waals surface area contributed by atoms with Crippen molar-refractivity contribution in [2.75, 3.05) is 0 Å². The normalized spacial score (nSPS) is 11.9. The van der Waals surface area contributed by atoms with Crippen LogP contribution in [0.25, 0.3) is 121 Å². The van der Waals surface area contributed by atoms with Gasteiger partial charge in [-0.25, -0.2) is 24.9 Å². The summed E-state index contributed by atoms with van der Waals surface area (Å²) in [6, 6.07) is 55.3. The van der Waals surface area contributed by atoms with Crippen LogP contribution in [0.3, 0.4) is 0 Å². The van der Waals surface area contributed by atoms with E-state index in [9.17, 15) is 0 Å². The molecule has 8 heteroatoms. The van der Waals surface area contributed by atoms with Crippen LogP contribution in [-0.4, -0.2) is 24.9 Å². The molecule has 5 aromatic heterocycles. The summed E-state index contributed by atoms with van der Waals surface area (Å²) in [4.78, 5) is 25.6. The third kappa shape index (κ3) is 5.15. The Kier molecular flexibility index (Phi) is 6.96. The minimum atomic E-state index is 0.595.